The van der Waals surface area contributed by atoms with Crippen LogP contribution < -0.4 is 4.31 Å². The molecule has 0 spiro atoms. The molecule has 0 aliphatic carbocycles. The van der Waals surface area contributed by atoms with E-state index in [0.717, 1.165) is 6.42 Å². The summed E-state index contributed by atoms with van der Waals surface area (Å²) in [6.45, 7) is 1.43. The number of amides is 1. The molecule has 1 aromatic carbocycles. The number of hydrogen-bond acceptors (Lipinski definition) is 5. The largest absolute Gasteiger partial charge is 0.469 e. The molecule has 0 aromatic heterocycles. The summed E-state index contributed by atoms with van der Waals surface area (Å²) in [6, 6.07) is 6.80. The van der Waals surface area contributed by atoms with Gasteiger partial charge in [-0.3, -0.25) is 13.9 Å². The molecule has 8 heteroatoms. The average Bonchev–Trinajstić information content (AvgIpc) is 2.66. The van der Waals surface area contributed by atoms with E-state index in [0.29, 0.717) is 50.1 Å². The van der Waals surface area contributed by atoms with E-state index >= 15 is 0 Å². The van der Waals surface area contributed by atoms with Gasteiger partial charge >= 0.3 is 5.97 Å². The quantitative estimate of drug-likeness (QED) is 0.745. The van der Waals surface area contributed by atoms with Gasteiger partial charge in [0.05, 0.1) is 24.5 Å². The number of anilines is 1. The van der Waals surface area contributed by atoms with E-state index in [4.69, 9.17) is 4.74 Å². The van der Waals surface area contributed by atoms with Crippen LogP contribution in [0.3, 0.4) is 0 Å². The first-order valence-electron chi connectivity index (χ1n) is 8.90. The molecule has 3 rings (SSSR count). The van der Waals surface area contributed by atoms with E-state index in [2.05, 4.69) is 0 Å². The lowest BCUT2D eigenvalue weighted by Crippen LogP contribution is -2.41. The number of nitrogens with zero attached hydrogens (tertiary/aromatic N) is 2. The molecule has 0 radical (unpaired) electrons. The van der Waals surface area contributed by atoms with Crippen LogP contribution in [0.15, 0.2) is 24.3 Å². The Labute approximate surface area is 154 Å². The van der Waals surface area contributed by atoms with Gasteiger partial charge in [-0.1, -0.05) is 6.07 Å². The Bertz CT molecular complexity index is 785. The maximum Gasteiger partial charge on any atom is 0.308 e. The first-order chi connectivity index (χ1) is 12.4. The summed E-state index contributed by atoms with van der Waals surface area (Å²) in [5.74, 6) is -0.375. The van der Waals surface area contributed by atoms with E-state index in [1.54, 1.807) is 29.2 Å². The van der Waals surface area contributed by atoms with Gasteiger partial charge < -0.3 is 9.64 Å². The van der Waals surface area contributed by atoms with E-state index < -0.39 is 10.0 Å². The van der Waals surface area contributed by atoms with Crippen molar-refractivity contribution in [2.45, 2.75) is 25.7 Å². The smallest absolute Gasteiger partial charge is 0.308 e. The van der Waals surface area contributed by atoms with Crippen molar-refractivity contribution in [3.63, 3.8) is 0 Å². The highest BCUT2D eigenvalue weighted by Crippen LogP contribution is 2.26. The summed E-state index contributed by atoms with van der Waals surface area (Å²) in [6.07, 6.45) is 2.66. The number of methoxy groups -OCH3 is 1. The molecule has 0 N–H and O–H groups in total. The van der Waals surface area contributed by atoms with E-state index in [1.165, 1.54) is 11.4 Å². The summed E-state index contributed by atoms with van der Waals surface area (Å²) in [7, 11) is -1.93. The van der Waals surface area contributed by atoms with Crippen LogP contribution in [-0.2, 0) is 19.6 Å². The van der Waals surface area contributed by atoms with Gasteiger partial charge in [-0.25, -0.2) is 8.42 Å². The second-order valence-corrected chi connectivity index (χ2v) is 8.75. The summed E-state index contributed by atoms with van der Waals surface area (Å²) in [5, 5.41) is 0. The number of rotatable bonds is 3. The van der Waals surface area contributed by atoms with Crippen LogP contribution in [0.25, 0.3) is 0 Å². The molecule has 2 heterocycles. The molecule has 2 saturated heterocycles. The zero-order valence-electron chi connectivity index (χ0n) is 14.9. The van der Waals surface area contributed by atoms with E-state index in [-0.39, 0.29) is 23.5 Å². The standard InChI is InChI=1S/C18H24N2O5S/c1-25-18(22)14-7-10-19(11-8-14)17(21)15-5-4-6-16(13-15)20-9-2-3-12-26(20,23)24/h4-6,13-14H,2-3,7-12H2,1H3. The average molecular weight is 380 g/mol. The minimum atomic E-state index is -3.31. The fourth-order valence-corrected chi connectivity index (χ4v) is 5.17. The fraction of sp³-hybridized carbons (Fsp3) is 0.556. The molecule has 7 nitrogen and oxygen atoms in total. The van der Waals surface area contributed by atoms with Crippen molar-refractivity contribution in [2.24, 2.45) is 5.92 Å². The van der Waals surface area contributed by atoms with Crippen molar-refractivity contribution in [3.8, 4) is 0 Å². The van der Waals surface area contributed by atoms with Gasteiger partial charge in [-0.2, -0.15) is 0 Å². The van der Waals surface area contributed by atoms with Crippen molar-refractivity contribution in [1.82, 2.24) is 4.90 Å². The van der Waals surface area contributed by atoms with Crippen LogP contribution >= 0.6 is 0 Å². The third kappa shape index (κ3) is 3.85. The lowest BCUT2D eigenvalue weighted by Gasteiger charge is -2.31. The molecule has 0 saturated carbocycles. The van der Waals surface area contributed by atoms with Crippen molar-refractivity contribution in [3.05, 3.63) is 29.8 Å². The monoisotopic (exact) mass is 380 g/mol. The summed E-state index contributed by atoms with van der Waals surface area (Å²) in [4.78, 5) is 26.1. The first-order valence-corrected chi connectivity index (χ1v) is 10.5. The van der Waals surface area contributed by atoms with Gasteiger partial charge in [-0.15, -0.1) is 0 Å². The first kappa shape index (κ1) is 18.7. The van der Waals surface area contributed by atoms with E-state index in [9.17, 15) is 18.0 Å². The highest BCUT2D eigenvalue weighted by Gasteiger charge is 2.30. The van der Waals surface area contributed by atoms with Crippen LogP contribution in [0, 0.1) is 5.92 Å². The normalized spacial score (nSPS) is 20.7. The number of carbonyl (C=O) groups excluding carboxylic acids is 2. The SMILES string of the molecule is COC(=O)C1CCN(C(=O)c2cccc(N3CCCCS3(=O)=O)c2)CC1. The predicted molar refractivity (Wildman–Crippen MR) is 97.5 cm³/mol. The van der Waals surface area contributed by atoms with Gasteiger partial charge in [0.15, 0.2) is 0 Å². The van der Waals surface area contributed by atoms with Gasteiger partial charge in [-0.05, 0) is 43.9 Å². The molecular formula is C18H24N2O5S. The van der Waals surface area contributed by atoms with Gasteiger partial charge in [0.2, 0.25) is 10.0 Å². The van der Waals surface area contributed by atoms with Crippen LogP contribution in [0.2, 0.25) is 0 Å². The number of carbonyl (C=O) groups is 2. The number of piperidine rings is 1. The molecule has 26 heavy (non-hydrogen) atoms. The van der Waals surface area contributed by atoms with Crippen molar-refractivity contribution < 1.29 is 22.7 Å². The molecule has 0 atom stereocenters. The second-order valence-electron chi connectivity index (χ2n) is 6.74. The Balaban J connectivity index is 1.72. The molecule has 0 unspecified atom stereocenters. The lowest BCUT2D eigenvalue weighted by atomic mass is 9.96. The van der Waals surface area contributed by atoms with Crippen molar-refractivity contribution in [2.75, 3.05) is 36.8 Å². The Morgan fingerprint density at radius 1 is 1.12 bits per heavy atom. The zero-order valence-corrected chi connectivity index (χ0v) is 15.7. The van der Waals surface area contributed by atoms with Crippen molar-refractivity contribution in [1.29, 1.82) is 0 Å². The summed E-state index contributed by atoms with van der Waals surface area (Å²) < 4.78 is 30.7. The molecular weight excluding hydrogens is 356 g/mol. The number of sulfonamides is 1. The fourth-order valence-electron chi connectivity index (χ4n) is 3.54. The lowest BCUT2D eigenvalue weighted by molar-refractivity contribution is -0.146. The second kappa shape index (κ2) is 7.65. The maximum atomic E-state index is 12.8. The highest BCUT2D eigenvalue weighted by atomic mass is 32.2. The Kier molecular flexibility index (Phi) is 5.50. The summed E-state index contributed by atoms with van der Waals surface area (Å²) in [5.41, 5.74) is 1.01. The third-order valence-corrected chi connectivity index (χ3v) is 6.92. The number of hydrogen-bond donors (Lipinski definition) is 0. The molecule has 2 aliphatic rings. The Hall–Kier alpha value is -2.09. The van der Waals surface area contributed by atoms with Gasteiger partial charge in [0.1, 0.15) is 0 Å². The van der Waals surface area contributed by atoms with Gasteiger partial charge in [0, 0.05) is 25.2 Å². The minimum absolute atomic E-state index is 0.135. The maximum absolute atomic E-state index is 12.8. The number of esters is 1. The van der Waals surface area contributed by atoms with Gasteiger partial charge in [0.25, 0.3) is 5.91 Å². The number of likely N-dealkylation sites (tertiary alicyclic amines) is 1. The number of benzene rings is 1. The van der Waals surface area contributed by atoms with Crippen LogP contribution in [-0.4, -0.2) is 57.7 Å². The summed E-state index contributed by atoms with van der Waals surface area (Å²) >= 11 is 0. The van der Waals surface area contributed by atoms with Crippen molar-refractivity contribution >= 4 is 27.6 Å². The minimum Gasteiger partial charge on any atom is -0.469 e. The van der Waals surface area contributed by atoms with Crippen LogP contribution in [0.1, 0.15) is 36.0 Å². The van der Waals surface area contributed by atoms with Crippen LogP contribution in [0.4, 0.5) is 5.69 Å². The zero-order chi connectivity index (χ0) is 18.7. The topological polar surface area (TPSA) is 84.0 Å². The number of ether oxygens (including phenoxy) is 1. The predicted octanol–water partition coefficient (Wildman–Crippen LogP) is 1.64. The third-order valence-electron chi connectivity index (χ3n) is 5.05. The highest BCUT2D eigenvalue weighted by molar-refractivity contribution is 7.92. The molecule has 1 aromatic rings. The van der Waals surface area contributed by atoms with E-state index in [1.807, 2.05) is 0 Å². The molecule has 142 valence electrons. The molecule has 0 bridgehead atoms. The molecule has 2 aliphatic heterocycles. The van der Waals surface area contributed by atoms with Crippen LogP contribution in [0.5, 0.6) is 0 Å². The molecule has 2 fully saturated rings. The Morgan fingerprint density at radius 3 is 2.50 bits per heavy atom. The Morgan fingerprint density at radius 2 is 1.85 bits per heavy atom. The molecule has 1 amide bonds.